The van der Waals surface area contributed by atoms with Gasteiger partial charge >= 0.3 is 0 Å². The number of nitrogens with one attached hydrogen (secondary N) is 2. The van der Waals surface area contributed by atoms with Gasteiger partial charge in [-0.25, -0.2) is 8.42 Å². The van der Waals surface area contributed by atoms with Crippen molar-refractivity contribution >= 4 is 33.3 Å². The van der Waals surface area contributed by atoms with Crippen molar-refractivity contribution in [1.29, 1.82) is 0 Å². The Morgan fingerprint density at radius 1 is 0.897 bits per heavy atom. The second-order valence-electron chi connectivity index (χ2n) is 6.29. The van der Waals surface area contributed by atoms with Gasteiger partial charge in [0.25, 0.3) is 15.9 Å². The monoisotopic (exact) mass is 409 g/mol. The first-order chi connectivity index (χ1) is 13.8. The molecule has 0 fully saturated rings. The van der Waals surface area contributed by atoms with Crippen LogP contribution in [0.1, 0.15) is 26.3 Å². The topological polar surface area (TPSA) is 115 Å². The van der Waals surface area contributed by atoms with Gasteiger partial charge in [0.15, 0.2) is 0 Å². The molecule has 0 spiro atoms. The number of rotatable bonds is 6. The van der Waals surface area contributed by atoms with Gasteiger partial charge in [0.1, 0.15) is 0 Å². The van der Waals surface area contributed by atoms with Crippen molar-refractivity contribution in [3.8, 4) is 0 Å². The summed E-state index contributed by atoms with van der Waals surface area (Å²) in [5.74, 6) is -1.87. The van der Waals surface area contributed by atoms with E-state index in [0.29, 0.717) is 5.69 Å². The van der Waals surface area contributed by atoms with E-state index in [1.165, 1.54) is 12.1 Å². The molecule has 3 rings (SSSR count). The highest BCUT2D eigenvalue weighted by Gasteiger charge is 2.19. The molecule has 0 saturated carbocycles. The van der Waals surface area contributed by atoms with Crippen molar-refractivity contribution in [1.82, 2.24) is 0 Å². The van der Waals surface area contributed by atoms with Crippen molar-refractivity contribution in [3.05, 3.63) is 89.5 Å². The van der Waals surface area contributed by atoms with E-state index in [0.717, 1.165) is 29.8 Å². The average molecular weight is 409 g/mol. The van der Waals surface area contributed by atoms with Crippen molar-refractivity contribution in [2.45, 2.75) is 11.8 Å². The van der Waals surface area contributed by atoms with Crippen molar-refractivity contribution in [3.63, 3.8) is 0 Å². The molecule has 0 heterocycles. The number of sulfonamides is 1. The Morgan fingerprint density at radius 2 is 1.59 bits per heavy atom. The summed E-state index contributed by atoms with van der Waals surface area (Å²) in [6, 6.07) is 18.0. The molecule has 1 amide bonds. The minimum Gasteiger partial charge on any atom is -0.545 e. The van der Waals surface area contributed by atoms with Crippen molar-refractivity contribution in [2.24, 2.45) is 0 Å². The molecule has 0 radical (unpaired) electrons. The zero-order valence-corrected chi connectivity index (χ0v) is 16.2. The number of aryl methyl sites for hydroxylation is 1. The number of carbonyl (C=O) groups is 2. The van der Waals surface area contributed by atoms with Crippen LogP contribution in [0.15, 0.2) is 77.7 Å². The Bertz CT molecular complexity index is 1170. The second kappa shape index (κ2) is 8.15. The molecule has 3 aromatic carbocycles. The largest absolute Gasteiger partial charge is 0.545 e. The van der Waals surface area contributed by atoms with E-state index >= 15 is 0 Å². The minimum atomic E-state index is -4.03. The smallest absolute Gasteiger partial charge is 0.261 e. The second-order valence-corrected chi connectivity index (χ2v) is 7.97. The summed E-state index contributed by atoms with van der Waals surface area (Å²) < 4.78 is 27.7. The van der Waals surface area contributed by atoms with Crippen LogP contribution >= 0.6 is 0 Å². The normalized spacial score (nSPS) is 10.9. The van der Waals surface area contributed by atoms with Gasteiger partial charge in [0.2, 0.25) is 0 Å². The lowest BCUT2D eigenvalue weighted by molar-refractivity contribution is -0.255. The van der Waals surface area contributed by atoms with E-state index in [4.69, 9.17) is 0 Å². The van der Waals surface area contributed by atoms with Crippen LogP contribution in [0.25, 0.3) is 0 Å². The van der Waals surface area contributed by atoms with Gasteiger partial charge in [0, 0.05) is 5.69 Å². The maximum atomic E-state index is 12.7. The van der Waals surface area contributed by atoms with Gasteiger partial charge < -0.3 is 15.2 Å². The molecule has 0 aliphatic carbocycles. The summed E-state index contributed by atoms with van der Waals surface area (Å²) in [5.41, 5.74) is 1.66. The number of anilines is 2. The van der Waals surface area contributed by atoms with Gasteiger partial charge in [-0.3, -0.25) is 9.52 Å². The molecule has 0 unspecified atom stereocenters. The third kappa shape index (κ3) is 4.80. The molecule has 8 heteroatoms. The molecule has 2 N–H and O–H groups in total. The van der Waals surface area contributed by atoms with Crippen LogP contribution in [0.4, 0.5) is 11.4 Å². The fourth-order valence-electron chi connectivity index (χ4n) is 2.67. The molecule has 0 aromatic heterocycles. The Balaban J connectivity index is 1.86. The molecule has 0 aliphatic rings. The Kier molecular flexibility index (Phi) is 5.65. The van der Waals surface area contributed by atoms with Gasteiger partial charge in [-0.05, 0) is 54.4 Å². The van der Waals surface area contributed by atoms with Gasteiger partial charge in [-0.15, -0.1) is 0 Å². The van der Waals surface area contributed by atoms with E-state index in [9.17, 15) is 23.1 Å². The first kappa shape index (κ1) is 20.1. The standard InChI is InChI=1S/C21H18N2O5S/c1-14-5-4-6-16(13-14)22-20(24)18-7-2-3-8-19(18)23-29(27,28)17-11-9-15(10-12-17)21(25)26/h2-13,23H,1H3,(H,22,24)(H,25,26)/p-1. The number of benzene rings is 3. The highest BCUT2D eigenvalue weighted by molar-refractivity contribution is 7.92. The zero-order valence-electron chi connectivity index (χ0n) is 15.4. The van der Waals surface area contributed by atoms with E-state index < -0.39 is 21.9 Å². The number of aromatic carboxylic acids is 1. The van der Waals surface area contributed by atoms with Crippen LogP contribution in [0.3, 0.4) is 0 Å². The van der Waals surface area contributed by atoms with Crippen LogP contribution in [0.5, 0.6) is 0 Å². The molecule has 0 aliphatic heterocycles. The maximum Gasteiger partial charge on any atom is 0.261 e. The molecule has 29 heavy (non-hydrogen) atoms. The van der Waals surface area contributed by atoms with Crippen LogP contribution < -0.4 is 15.1 Å². The lowest BCUT2D eigenvalue weighted by Gasteiger charge is -2.13. The third-order valence-electron chi connectivity index (χ3n) is 4.09. The number of amides is 1. The number of carbonyl (C=O) groups excluding carboxylic acids is 2. The number of carboxylic acids is 1. The Hall–Kier alpha value is -3.65. The summed E-state index contributed by atoms with van der Waals surface area (Å²) in [7, 11) is -4.03. The molecular weight excluding hydrogens is 392 g/mol. The molecule has 0 bridgehead atoms. The van der Waals surface area contributed by atoms with Gasteiger partial charge in [0.05, 0.1) is 22.1 Å². The lowest BCUT2D eigenvalue weighted by atomic mass is 10.1. The van der Waals surface area contributed by atoms with Crippen LogP contribution in [-0.4, -0.2) is 20.3 Å². The molecule has 0 saturated heterocycles. The summed E-state index contributed by atoms with van der Waals surface area (Å²) in [6.07, 6.45) is 0. The lowest BCUT2D eigenvalue weighted by Crippen LogP contribution is -2.22. The third-order valence-corrected chi connectivity index (χ3v) is 5.47. The molecular formula is C21H17N2O5S-. The summed E-state index contributed by atoms with van der Waals surface area (Å²) >= 11 is 0. The van der Waals surface area contributed by atoms with Crippen LogP contribution in [-0.2, 0) is 10.0 Å². The van der Waals surface area contributed by atoms with Crippen molar-refractivity contribution < 1.29 is 23.1 Å². The number of carboxylic acid groups (broad SMARTS) is 1. The first-order valence-electron chi connectivity index (χ1n) is 8.57. The van der Waals surface area contributed by atoms with E-state index in [1.807, 2.05) is 13.0 Å². The first-order valence-corrected chi connectivity index (χ1v) is 10.1. The molecule has 3 aromatic rings. The molecule has 7 nitrogen and oxygen atoms in total. The molecule has 148 valence electrons. The Labute approximate surface area is 168 Å². The predicted octanol–water partition coefficient (Wildman–Crippen LogP) is 2.41. The summed E-state index contributed by atoms with van der Waals surface area (Å²) in [4.78, 5) is 23.4. The maximum absolute atomic E-state index is 12.7. The number of hydrogen-bond acceptors (Lipinski definition) is 5. The number of para-hydroxylation sites is 1. The highest BCUT2D eigenvalue weighted by atomic mass is 32.2. The van der Waals surface area contributed by atoms with Gasteiger partial charge in [-0.2, -0.15) is 0 Å². The van der Waals surface area contributed by atoms with E-state index in [1.54, 1.807) is 30.3 Å². The number of hydrogen-bond donors (Lipinski definition) is 2. The van der Waals surface area contributed by atoms with Crippen LogP contribution in [0.2, 0.25) is 0 Å². The van der Waals surface area contributed by atoms with Gasteiger partial charge in [-0.1, -0.05) is 36.4 Å². The zero-order chi connectivity index (χ0) is 21.0. The van der Waals surface area contributed by atoms with E-state index in [-0.39, 0.29) is 21.7 Å². The predicted molar refractivity (Wildman–Crippen MR) is 107 cm³/mol. The summed E-state index contributed by atoms with van der Waals surface area (Å²) in [5, 5.41) is 13.6. The fraction of sp³-hybridized carbons (Fsp3) is 0.0476. The quantitative estimate of drug-likeness (QED) is 0.649. The average Bonchev–Trinajstić information content (AvgIpc) is 2.68. The highest BCUT2D eigenvalue weighted by Crippen LogP contribution is 2.22. The van der Waals surface area contributed by atoms with E-state index in [2.05, 4.69) is 10.0 Å². The van der Waals surface area contributed by atoms with Crippen LogP contribution in [0, 0.1) is 6.92 Å². The fourth-order valence-corrected chi connectivity index (χ4v) is 3.74. The molecule has 0 atom stereocenters. The SMILES string of the molecule is Cc1cccc(NC(=O)c2ccccc2NS(=O)(=O)c2ccc(C(=O)[O-])cc2)c1. The Morgan fingerprint density at radius 3 is 2.24 bits per heavy atom. The summed E-state index contributed by atoms with van der Waals surface area (Å²) in [6.45, 7) is 1.89. The van der Waals surface area contributed by atoms with Crippen molar-refractivity contribution in [2.75, 3.05) is 10.0 Å². The minimum absolute atomic E-state index is 0.0987.